The second-order valence-corrected chi connectivity index (χ2v) is 6.82. The van der Waals surface area contributed by atoms with Gasteiger partial charge in [-0.3, -0.25) is 9.59 Å². The first kappa shape index (κ1) is 19.8. The number of methoxy groups -OCH3 is 3. The van der Waals surface area contributed by atoms with Crippen LogP contribution in [0.3, 0.4) is 0 Å². The van der Waals surface area contributed by atoms with Crippen LogP contribution in [0.1, 0.15) is 37.0 Å². The molecule has 0 N–H and O–H groups in total. The number of Topliss-reactive ketones (excluding diaryl/α,β-unsaturated/α-hetero) is 1. The van der Waals surface area contributed by atoms with Gasteiger partial charge in [0.2, 0.25) is 0 Å². The molecule has 1 fully saturated rings. The third-order valence-electron chi connectivity index (χ3n) is 5.11. The van der Waals surface area contributed by atoms with E-state index >= 15 is 0 Å². The monoisotopic (exact) mass is 364 g/mol. The average Bonchev–Trinajstić information content (AvgIpc) is 2.65. The first-order valence-corrected chi connectivity index (χ1v) is 8.28. The minimum Gasteiger partial charge on any atom is -0.497 e. The summed E-state index contributed by atoms with van der Waals surface area (Å²) in [5.41, 5.74) is -0.296. The lowest BCUT2D eigenvalue weighted by atomic mass is 9.59. The largest absolute Gasteiger partial charge is 0.497 e. The van der Waals surface area contributed by atoms with E-state index in [1.807, 2.05) is 13.8 Å². The van der Waals surface area contributed by atoms with E-state index < -0.39 is 23.3 Å². The summed E-state index contributed by atoms with van der Waals surface area (Å²) < 4.78 is 20.3. The molecule has 0 radical (unpaired) electrons. The Morgan fingerprint density at radius 1 is 1.12 bits per heavy atom. The fourth-order valence-corrected chi connectivity index (χ4v) is 3.08. The number of hydrogen-bond donors (Lipinski definition) is 0. The Morgan fingerprint density at radius 2 is 1.81 bits per heavy atom. The number of carbonyl (C=O) groups is 3. The van der Waals surface area contributed by atoms with Gasteiger partial charge in [0, 0.05) is 17.9 Å². The molecule has 1 aromatic rings. The van der Waals surface area contributed by atoms with Crippen LogP contribution in [-0.4, -0.2) is 45.2 Å². The molecule has 1 aliphatic rings. The van der Waals surface area contributed by atoms with Crippen molar-refractivity contribution >= 4 is 17.7 Å². The third kappa shape index (κ3) is 3.81. The molecule has 0 heterocycles. The predicted octanol–water partition coefficient (Wildman–Crippen LogP) is 2.41. The predicted molar refractivity (Wildman–Crippen MR) is 92.3 cm³/mol. The molecule has 0 spiro atoms. The Hall–Kier alpha value is -2.57. The van der Waals surface area contributed by atoms with Crippen LogP contribution in [0.2, 0.25) is 0 Å². The number of carbonyl (C=O) groups excluding carboxylic acids is 3. The zero-order chi connectivity index (χ0) is 19.5. The van der Waals surface area contributed by atoms with E-state index in [-0.39, 0.29) is 29.6 Å². The van der Waals surface area contributed by atoms with Crippen molar-refractivity contribution in [2.75, 3.05) is 21.3 Å². The van der Waals surface area contributed by atoms with Crippen LogP contribution in [0.25, 0.3) is 0 Å². The van der Waals surface area contributed by atoms with Crippen molar-refractivity contribution < 1.29 is 33.3 Å². The zero-order valence-corrected chi connectivity index (χ0v) is 15.7. The molecular weight excluding hydrogens is 340 g/mol. The van der Waals surface area contributed by atoms with Crippen LogP contribution >= 0.6 is 0 Å². The molecule has 7 nitrogen and oxygen atoms in total. The molecule has 0 aromatic heterocycles. The van der Waals surface area contributed by atoms with Gasteiger partial charge in [-0.1, -0.05) is 13.8 Å². The van der Waals surface area contributed by atoms with E-state index in [2.05, 4.69) is 4.74 Å². The lowest BCUT2D eigenvalue weighted by Crippen LogP contribution is -2.52. The normalized spacial score (nSPS) is 20.5. The highest BCUT2D eigenvalue weighted by Crippen LogP contribution is 2.50. The summed E-state index contributed by atoms with van der Waals surface area (Å²) in [5.74, 6) is -1.23. The van der Waals surface area contributed by atoms with Crippen molar-refractivity contribution in [3.8, 4) is 11.5 Å². The van der Waals surface area contributed by atoms with Crippen molar-refractivity contribution in [1.82, 2.24) is 0 Å². The Morgan fingerprint density at radius 3 is 2.35 bits per heavy atom. The van der Waals surface area contributed by atoms with Crippen LogP contribution < -0.4 is 9.47 Å². The number of benzene rings is 1. The quantitative estimate of drug-likeness (QED) is 0.417. The third-order valence-corrected chi connectivity index (χ3v) is 5.11. The van der Waals surface area contributed by atoms with Crippen molar-refractivity contribution in [2.45, 2.75) is 32.8 Å². The summed E-state index contributed by atoms with van der Waals surface area (Å²) in [5, 5.41) is 0. The second-order valence-electron chi connectivity index (χ2n) is 6.82. The summed E-state index contributed by atoms with van der Waals surface area (Å²) in [6.45, 7) is 3.81. The van der Waals surface area contributed by atoms with Crippen LogP contribution in [0.5, 0.6) is 11.5 Å². The highest BCUT2D eigenvalue weighted by atomic mass is 16.6. The van der Waals surface area contributed by atoms with E-state index in [4.69, 9.17) is 14.2 Å². The number of ketones is 1. The van der Waals surface area contributed by atoms with Gasteiger partial charge in [0.25, 0.3) is 5.78 Å². The Labute approximate surface area is 152 Å². The molecule has 1 aromatic carbocycles. The maximum atomic E-state index is 12.4. The molecule has 0 bridgehead atoms. The molecule has 26 heavy (non-hydrogen) atoms. The van der Waals surface area contributed by atoms with Gasteiger partial charge in [0.15, 0.2) is 0 Å². The van der Waals surface area contributed by atoms with Crippen molar-refractivity contribution in [3.05, 3.63) is 23.8 Å². The van der Waals surface area contributed by atoms with E-state index in [1.54, 1.807) is 6.07 Å². The number of hydrogen-bond acceptors (Lipinski definition) is 7. The Bertz CT molecular complexity index is 708. The smallest absolute Gasteiger partial charge is 0.380 e. The summed E-state index contributed by atoms with van der Waals surface area (Å²) in [7, 11) is 4.24. The first-order valence-electron chi connectivity index (χ1n) is 8.28. The molecular formula is C19H24O7. The molecule has 2 atom stereocenters. The van der Waals surface area contributed by atoms with Gasteiger partial charge in [-0.2, -0.15) is 0 Å². The van der Waals surface area contributed by atoms with Crippen LogP contribution in [0.15, 0.2) is 18.2 Å². The molecule has 0 saturated heterocycles. The molecule has 7 heteroatoms. The highest BCUT2D eigenvalue weighted by molar-refractivity contribution is 6.41. The molecule has 2 rings (SSSR count). The van der Waals surface area contributed by atoms with Gasteiger partial charge in [0.05, 0.1) is 26.9 Å². The second kappa shape index (κ2) is 7.76. The summed E-state index contributed by atoms with van der Waals surface area (Å²) in [4.78, 5) is 36.2. The Kier molecular flexibility index (Phi) is 5.90. The summed E-state index contributed by atoms with van der Waals surface area (Å²) in [6.07, 6.45) is 0.344. The SMILES string of the molecule is COC(=O)C[C@@H]1C[C@H](OC(=O)C(=O)c2ccc(OC)cc2OC)C1(C)C. The summed E-state index contributed by atoms with van der Waals surface area (Å²) >= 11 is 0. The van der Waals surface area contributed by atoms with Crippen molar-refractivity contribution in [3.63, 3.8) is 0 Å². The van der Waals surface area contributed by atoms with E-state index in [0.29, 0.717) is 12.2 Å². The van der Waals surface area contributed by atoms with E-state index in [9.17, 15) is 14.4 Å². The minimum absolute atomic E-state index is 0.0402. The van der Waals surface area contributed by atoms with Crippen LogP contribution in [0.4, 0.5) is 0 Å². The molecule has 0 aliphatic heterocycles. The van der Waals surface area contributed by atoms with E-state index in [0.717, 1.165) is 0 Å². The molecule has 1 saturated carbocycles. The zero-order valence-electron chi connectivity index (χ0n) is 15.7. The topological polar surface area (TPSA) is 88.1 Å². The number of rotatable bonds is 7. The summed E-state index contributed by atoms with van der Waals surface area (Å²) in [6, 6.07) is 4.57. The number of ether oxygens (including phenoxy) is 4. The maximum absolute atomic E-state index is 12.4. The van der Waals surface area contributed by atoms with Crippen molar-refractivity contribution in [2.24, 2.45) is 11.3 Å². The highest BCUT2D eigenvalue weighted by Gasteiger charge is 2.51. The van der Waals surface area contributed by atoms with Gasteiger partial charge < -0.3 is 18.9 Å². The van der Waals surface area contributed by atoms with E-state index in [1.165, 1.54) is 33.5 Å². The molecule has 0 unspecified atom stereocenters. The molecule has 1 aliphatic carbocycles. The maximum Gasteiger partial charge on any atom is 0.380 e. The average molecular weight is 364 g/mol. The first-order chi connectivity index (χ1) is 12.2. The lowest BCUT2D eigenvalue weighted by molar-refractivity contribution is -0.175. The minimum atomic E-state index is -0.942. The fourth-order valence-electron chi connectivity index (χ4n) is 3.08. The van der Waals surface area contributed by atoms with Gasteiger partial charge in [-0.15, -0.1) is 0 Å². The lowest BCUT2D eigenvalue weighted by Gasteiger charge is -2.50. The fraction of sp³-hybridized carbons (Fsp3) is 0.526. The van der Waals surface area contributed by atoms with Crippen LogP contribution in [-0.2, 0) is 19.1 Å². The van der Waals surface area contributed by atoms with Gasteiger partial charge in [-0.25, -0.2) is 4.79 Å². The molecule has 142 valence electrons. The van der Waals surface area contributed by atoms with Gasteiger partial charge >= 0.3 is 11.9 Å². The number of esters is 2. The van der Waals surface area contributed by atoms with Crippen LogP contribution in [0, 0.1) is 11.3 Å². The van der Waals surface area contributed by atoms with Crippen molar-refractivity contribution in [1.29, 1.82) is 0 Å². The molecule has 0 amide bonds. The van der Waals surface area contributed by atoms with Gasteiger partial charge in [-0.05, 0) is 24.5 Å². The standard InChI is InChI=1S/C19H24O7/c1-19(2)11(9-16(20)25-5)8-15(19)26-18(22)17(21)13-7-6-12(23-3)10-14(13)24-4/h6-7,10-11,15H,8-9H2,1-5H3/t11-,15-/m0/s1. The van der Waals surface area contributed by atoms with Gasteiger partial charge in [0.1, 0.15) is 17.6 Å². The Balaban J connectivity index is 2.05.